The molecule has 1 saturated heterocycles. The number of anilines is 1. The molecule has 2 fully saturated rings. The van der Waals surface area contributed by atoms with Gasteiger partial charge in [0.05, 0.1) is 23.2 Å². The van der Waals surface area contributed by atoms with Gasteiger partial charge in [-0.05, 0) is 31.0 Å². The van der Waals surface area contributed by atoms with Crippen LogP contribution in [-0.2, 0) is 4.79 Å². The molecule has 20 heavy (non-hydrogen) atoms. The van der Waals surface area contributed by atoms with Crippen molar-refractivity contribution < 1.29 is 14.7 Å². The first-order chi connectivity index (χ1) is 9.61. The summed E-state index contributed by atoms with van der Waals surface area (Å²) in [7, 11) is 0. The zero-order valence-electron chi connectivity index (χ0n) is 11.3. The van der Waals surface area contributed by atoms with E-state index in [1.54, 1.807) is 23.2 Å². The molecule has 1 aliphatic heterocycles. The molecule has 2 N–H and O–H groups in total. The van der Waals surface area contributed by atoms with E-state index in [1.807, 2.05) is 6.07 Å². The van der Waals surface area contributed by atoms with Gasteiger partial charge in [0.1, 0.15) is 0 Å². The number of benzene rings is 1. The maximum absolute atomic E-state index is 12.3. The highest BCUT2D eigenvalue weighted by Gasteiger charge is 2.46. The number of nitrogens with one attached hydrogen (secondary N) is 1. The van der Waals surface area contributed by atoms with Crippen LogP contribution in [0.1, 0.15) is 42.5 Å². The zero-order chi connectivity index (χ0) is 14.2. The number of carboxylic acids is 1. The molecule has 5 heteroatoms. The number of hydrogen-bond donors (Lipinski definition) is 2. The van der Waals surface area contributed by atoms with Crippen molar-refractivity contribution in [1.82, 2.24) is 5.43 Å². The van der Waals surface area contributed by atoms with Crippen molar-refractivity contribution in [3.8, 4) is 0 Å². The van der Waals surface area contributed by atoms with E-state index in [4.69, 9.17) is 5.11 Å². The van der Waals surface area contributed by atoms with E-state index < -0.39 is 5.97 Å². The van der Waals surface area contributed by atoms with Gasteiger partial charge in [0.25, 0.3) is 0 Å². The van der Waals surface area contributed by atoms with Crippen LogP contribution in [0.5, 0.6) is 0 Å². The molecule has 0 atom stereocenters. The molecule has 0 aromatic heterocycles. The Kier molecular flexibility index (Phi) is 3.12. The molecule has 1 saturated carbocycles. The second kappa shape index (κ2) is 4.81. The number of hydrazine groups is 1. The Balaban J connectivity index is 1.84. The van der Waals surface area contributed by atoms with Gasteiger partial charge < -0.3 is 5.11 Å². The van der Waals surface area contributed by atoms with Crippen molar-refractivity contribution in [3.05, 3.63) is 29.8 Å². The number of rotatable bonds is 2. The van der Waals surface area contributed by atoms with E-state index >= 15 is 0 Å². The van der Waals surface area contributed by atoms with Gasteiger partial charge in [-0.1, -0.05) is 25.3 Å². The maximum Gasteiger partial charge on any atom is 0.335 e. The van der Waals surface area contributed by atoms with Crippen LogP contribution in [0.15, 0.2) is 24.3 Å². The van der Waals surface area contributed by atoms with Gasteiger partial charge >= 0.3 is 5.97 Å². The molecule has 1 aliphatic carbocycles. The number of aromatic carboxylic acids is 1. The standard InChI is InChI=1S/C15H18N2O3/c18-13(19)11-5-4-6-12(9-11)17-10-15(14(20)16-17)7-2-1-3-8-15/h4-6,9H,1-3,7-8,10H2,(H,16,20)(H,18,19). The zero-order valence-corrected chi connectivity index (χ0v) is 11.3. The van der Waals surface area contributed by atoms with Crippen molar-refractivity contribution in [1.29, 1.82) is 0 Å². The first-order valence-corrected chi connectivity index (χ1v) is 7.03. The predicted molar refractivity (Wildman–Crippen MR) is 74.4 cm³/mol. The van der Waals surface area contributed by atoms with Crippen LogP contribution in [0.3, 0.4) is 0 Å². The molecule has 0 bridgehead atoms. The number of hydrogen-bond acceptors (Lipinski definition) is 3. The van der Waals surface area contributed by atoms with Crippen molar-refractivity contribution in [2.24, 2.45) is 5.41 Å². The molecule has 1 spiro atoms. The Labute approximate surface area is 117 Å². The molecule has 1 heterocycles. The smallest absolute Gasteiger partial charge is 0.335 e. The molecule has 1 aromatic rings. The fourth-order valence-corrected chi connectivity index (χ4v) is 3.23. The summed E-state index contributed by atoms with van der Waals surface area (Å²) in [5.41, 5.74) is 3.59. The number of carbonyl (C=O) groups is 2. The summed E-state index contributed by atoms with van der Waals surface area (Å²) in [6, 6.07) is 6.69. The Hall–Kier alpha value is -2.04. The number of carbonyl (C=O) groups excluding carboxylic acids is 1. The normalized spacial score (nSPS) is 21.0. The van der Waals surface area contributed by atoms with Gasteiger partial charge in [0, 0.05) is 0 Å². The summed E-state index contributed by atoms with van der Waals surface area (Å²) in [6.45, 7) is 0.634. The highest BCUT2D eigenvalue weighted by molar-refractivity contribution is 5.91. The fourth-order valence-electron chi connectivity index (χ4n) is 3.23. The van der Waals surface area contributed by atoms with Crippen molar-refractivity contribution in [2.75, 3.05) is 11.6 Å². The van der Waals surface area contributed by atoms with Gasteiger partial charge in [-0.2, -0.15) is 0 Å². The van der Waals surface area contributed by atoms with E-state index in [0.29, 0.717) is 6.54 Å². The van der Waals surface area contributed by atoms with Crippen LogP contribution in [0, 0.1) is 5.41 Å². The summed E-state index contributed by atoms with van der Waals surface area (Å²) in [6.07, 6.45) is 5.23. The summed E-state index contributed by atoms with van der Waals surface area (Å²) in [5, 5.41) is 10.8. The van der Waals surface area contributed by atoms with Gasteiger partial charge in [-0.15, -0.1) is 0 Å². The van der Waals surface area contributed by atoms with Crippen LogP contribution < -0.4 is 10.4 Å². The highest BCUT2D eigenvalue weighted by Crippen LogP contribution is 2.41. The molecule has 3 rings (SSSR count). The minimum Gasteiger partial charge on any atom is -0.478 e. The van der Waals surface area contributed by atoms with Crippen LogP contribution in [-0.4, -0.2) is 23.5 Å². The molecule has 1 amide bonds. The molecular formula is C15H18N2O3. The third-order valence-corrected chi connectivity index (χ3v) is 4.39. The second-order valence-corrected chi connectivity index (χ2v) is 5.72. The quantitative estimate of drug-likeness (QED) is 0.867. The molecule has 2 aliphatic rings. The van der Waals surface area contributed by atoms with Gasteiger partial charge in [-0.3, -0.25) is 15.2 Å². The van der Waals surface area contributed by atoms with Crippen molar-refractivity contribution in [3.63, 3.8) is 0 Å². The average Bonchev–Trinajstić information content (AvgIpc) is 2.77. The number of amides is 1. The summed E-state index contributed by atoms with van der Waals surface area (Å²) < 4.78 is 0. The maximum atomic E-state index is 12.3. The van der Waals surface area contributed by atoms with Gasteiger partial charge in [-0.25, -0.2) is 4.79 Å². The molecule has 5 nitrogen and oxygen atoms in total. The first kappa shape index (κ1) is 13.0. The van der Waals surface area contributed by atoms with Crippen LogP contribution in [0.4, 0.5) is 5.69 Å². The van der Waals surface area contributed by atoms with E-state index in [9.17, 15) is 9.59 Å². The van der Waals surface area contributed by atoms with E-state index in [1.165, 1.54) is 6.42 Å². The lowest BCUT2D eigenvalue weighted by molar-refractivity contribution is -0.128. The summed E-state index contributed by atoms with van der Waals surface area (Å²) in [5.74, 6) is -0.873. The number of nitrogens with zero attached hydrogens (tertiary/aromatic N) is 1. The van der Waals surface area contributed by atoms with Crippen molar-refractivity contribution in [2.45, 2.75) is 32.1 Å². The molecular weight excluding hydrogens is 256 g/mol. The van der Waals surface area contributed by atoms with Crippen LogP contribution in [0.2, 0.25) is 0 Å². The minimum absolute atomic E-state index is 0.0814. The molecule has 106 valence electrons. The third-order valence-electron chi connectivity index (χ3n) is 4.39. The lowest BCUT2D eigenvalue weighted by Crippen LogP contribution is -2.35. The Bertz CT molecular complexity index is 550. The van der Waals surface area contributed by atoms with Crippen LogP contribution >= 0.6 is 0 Å². The van der Waals surface area contributed by atoms with E-state index in [-0.39, 0.29) is 16.9 Å². The Morgan fingerprint density at radius 1 is 1.25 bits per heavy atom. The molecule has 0 unspecified atom stereocenters. The second-order valence-electron chi connectivity index (χ2n) is 5.72. The Morgan fingerprint density at radius 2 is 2.00 bits per heavy atom. The monoisotopic (exact) mass is 274 g/mol. The SMILES string of the molecule is O=C(O)c1cccc(N2CC3(CCCCC3)C(=O)N2)c1. The summed E-state index contributed by atoms with van der Waals surface area (Å²) in [4.78, 5) is 23.3. The van der Waals surface area contributed by atoms with E-state index in [0.717, 1.165) is 31.4 Å². The lowest BCUT2D eigenvalue weighted by atomic mass is 9.74. The van der Waals surface area contributed by atoms with Crippen LogP contribution in [0.25, 0.3) is 0 Å². The van der Waals surface area contributed by atoms with E-state index in [2.05, 4.69) is 5.43 Å². The van der Waals surface area contributed by atoms with Gasteiger partial charge in [0.2, 0.25) is 5.91 Å². The third kappa shape index (κ3) is 2.13. The largest absolute Gasteiger partial charge is 0.478 e. The van der Waals surface area contributed by atoms with Crippen molar-refractivity contribution >= 4 is 17.6 Å². The molecule has 0 radical (unpaired) electrons. The predicted octanol–water partition coefficient (Wildman–Crippen LogP) is 2.19. The lowest BCUT2D eigenvalue weighted by Gasteiger charge is -2.29. The number of carboxylic acid groups (broad SMARTS) is 1. The topological polar surface area (TPSA) is 69.6 Å². The fraction of sp³-hybridized carbons (Fsp3) is 0.467. The minimum atomic E-state index is -0.954. The highest BCUT2D eigenvalue weighted by atomic mass is 16.4. The average molecular weight is 274 g/mol. The Morgan fingerprint density at radius 3 is 2.70 bits per heavy atom. The van der Waals surface area contributed by atoms with Gasteiger partial charge in [0.15, 0.2) is 0 Å². The summed E-state index contributed by atoms with van der Waals surface area (Å²) >= 11 is 0. The molecule has 1 aromatic carbocycles. The first-order valence-electron chi connectivity index (χ1n) is 7.03.